The molecule has 1 unspecified atom stereocenters. The van der Waals surface area contributed by atoms with Gasteiger partial charge in [-0.15, -0.1) is 11.3 Å². The first-order valence-electron chi connectivity index (χ1n) is 6.45. The second kappa shape index (κ2) is 5.80. The van der Waals surface area contributed by atoms with Gasteiger partial charge in [0.2, 0.25) is 0 Å². The maximum absolute atomic E-state index is 11.0. The Balaban J connectivity index is 1.94. The number of aromatic nitrogens is 1. The van der Waals surface area contributed by atoms with E-state index in [2.05, 4.69) is 29.1 Å². The molecular formula is C13H20N2O2S. The number of nitrogens with zero attached hydrogens (tertiary/aromatic N) is 2. The molecule has 100 valence electrons. The SMILES string of the molecule is CC(C)c1csc(CN2CCCC(C(=O)O)C2)n1. The van der Waals surface area contributed by atoms with Crippen LogP contribution in [0.15, 0.2) is 5.38 Å². The Kier molecular flexibility index (Phi) is 4.35. The molecule has 1 saturated heterocycles. The largest absolute Gasteiger partial charge is 0.481 e. The molecule has 0 saturated carbocycles. The van der Waals surface area contributed by atoms with Gasteiger partial charge in [-0.3, -0.25) is 9.69 Å². The highest BCUT2D eigenvalue weighted by Gasteiger charge is 2.25. The van der Waals surface area contributed by atoms with E-state index in [1.165, 1.54) is 0 Å². The summed E-state index contributed by atoms with van der Waals surface area (Å²) in [6.45, 7) is 6.72. The fourth-order valence-electron chi connectivity index (χ4n) is 2.25. The molecule has 1 atom stereocenters. The monoisotopic (exact) mass is 268 g/mol. The first-order valence-corrected chi connectivity index (χ1v) is 7.33. The zero-order valence-corrected chi connectivity index (χ0v) is 11.7. The van der Waals surface area contributed by atoms with Crippen LogP contribution >= 0.6 is 11.3 Å². The standard InChI is InChI=1S/C13H20N2O2S/c1-9(2)11-8-18-12(14-11)7-15-5-3-4-10(6-15)13(16)17/h8-10H,3-7H2,1-2H3,(H,16,17). The van der Waals surface area contributed by atoms with E-state index in [0.29, 0.717) is 12.5 Å². The highest BCUT2D eigenvalue weighted by atomic mass is 32.1. The molecule has 0 amide bonds. The summed E-state index contributed by atoms with van der Waals surface area (Å²) < 4.78 is 0. The van der Waals surface area contributed by atoms with Gasteiger partial charge >= 0.3 is 5.97 Å². The van der Waals surface area contributed by atoms with Crippen molar-refractivity contribution in [2.24, 2.45) is 5.92 Å². The van der Waals surface area contributed by atoms with E-state index in [1.54, 1.807) is 11.3 Å². The number of likely N-dealkylation sites (tertiary alicyclic amines) is 1. The summed E-state index contributed by atoms with van der Waals surface area (Å²) in [5.41, 5.74) is 1.14. The van der Waals surface area contributed by atoms with E-state index >= 15 is 0 Å². The molecule has 1 aliphatic heterocycles. The lowest BCUT2D eigenvalue weighted by atomic mass is 9.98. The number of aliphatic carboxylic acids is 1. The van der Waals surface area contributed by atoms with Gasteiger partial charge in [0.05, 0.1) is 18.2 Å². The molecular weight excluding hydrogens is 248 g/mol. The zero-order valence-electron chi connectivity index (χ0n) is 10.9. The maximum atomic E-state index is 11.0. The van der Waals surface area contributed by atoms with Gasteiger partial charge in [-0.1, -0.05) is 13.8 Å². The van der Waals surface area contributed by atoms with Crippen molar-refractivity contribution in [2.45, 2.75) is 39.2 Å². The Morgan fingerprint density at radius 2 is 2.44 bits per heavy atom. The Morgan fingerprint density at radius 3 is 3.06 bits per heavy atom. The van der Waals surface area contributed by atoms with Crippen molar-refractivity contribution in [3.05, 3.63) is 16.1 Å². The fourth-order valence-corrected chi connectivity index (χ4v) is 3.25. The van der Waals surface area contributed by atoms with Crippen molar-refractivity contribution in [2.75, 3.05) is 13.1 Å². The molecule has 0 aliphatic carbocycles. The number of thiazole rings is 1. The normalized spacial score (nSPS) is 21.4. The third-order valence-electron chi connectivity index (χ3n) is 3.37. The van der Waals surface area contributed by atoms with Gasteiger partial charge in [0.25, 0.3) is 0 Å². The first kappa shape index (κ1) is 13.5. The molecule has 2 heterocycles. The van der Waals surface area contributed by atoms with E-state index in [4.69, 9.17) is 5.11 Å². The van der Waals surface area contributed by atoms with Gasteiger partial charge in [0.15, 0.2) is 0 Å². The Morgan fingerprint density at radius 1 is 1.67 bits per heavy atom. The number of piperidine rings is 1. The number of carboxylic acids is 1. The average Bonchev–Trinajstić information content (AvgIpc) is 2.78. The van der Waals surface area contributed by atoms with Crippen molar-refractivity contribution < 1.29 is 9.90 Å². The highest BCUT2D eigenvalue weighted by molar-refractivity contribution is 7.09. The highest BCUT2D eigenvalue weighted by Crippen LogP contribution is 2.22. The van der Waals surface area contributed by atoms with Gasteiger partial charge in [-0.25, -0.2) is 4.98 Å². The average molecular weight is 268 g/mol. The summed E-state index contributed by atoms with van der Waals surface area (Å²) in [5, 5.41) is 12.3. The molecule has 0 spiro atoms. The third kappa shape index (κ3) is 3.29. The zero-order chi connectivity index (χ0) is 13.1. The van der Waals surface area contributed by atoms with Crippen LogP contribution in [-0.4, -0.2) is 34.0 Å². The summed E-state index contributed by atoms with van der Waals surface area (Å²) >= 11 is 1.68. The Hall–Kier alpha value is -0.940. The summed E-state index contributed by atoms with van der Waals surface area (Å²) in [6.07, 6.45) is 1.78. The molecule has 2 rings (SSSR count). The molecule has 1 N–H and O–H groups in total. The van der Waals surface area contributed by atoms with E-state index in [1.807, 2.05) is 0 Å². The number of hydrogen-bond donors (Lipinski definition) is 1. The second-order valence-corrected chi connectivity index (χ2v) is 6.18. The molecule has 0 radical (unpaired) electrons. The molecule has 1 fully saturated rings. The van der Waals surface area contributed by atoms with Crippen molar-refractivity contribution in [1.82, 2.24) is 9.88 Å². The van der Waals surface area contributed by atoms with Crippen LogP contribution in [-0.2, 0) is 11.3 Å². The lowest BCUT2D eigenvalue weighted by molar-refractivity contribution is -0.143. The quantitative estimate of drug-likeness (QED) is 0.912. The van der Waals surface area contributed by atoms with Crippen LogP contribution in [0.3, 0.4) is 0 Å². The van der Waals surface area contributed by atoms with Crippen LogP contribution < -0.4 is 0 Å². The minimum absolute atomic E-state index is 0.205. The summed E-state index contributed by atoms with van der Waals surface area (Å²) in [7, 11) is 0. The third-order valence-corrected chi connectivity index (χ3v) is 4.23. The molecule has 0 aromatic carbocycles. The van der Waals surface area contributed by atoms with E-state index in [-0.39, 0.29) is 5.92 Å². The van der Waals surface area contributed by atoms with Crippen molar-refractivity contribution in [3.63, 3.8) is 0 Å². The van der Waals surface area contributed by atoms with Crippen LogP contribution in [0.1, 0.15) is 43.3 Å². The Bertz CT molecular complexity index is 417. The lowest BCUT2D eigenvalue weighted by Gasteiger charge is -2.29. The van der Waals surface area contributed by atoms with Gasteiger partial charge in [-0.2, -0.15) is 0 Å². The minimum Gasteiger partial charge on any atom is -0.481 e. The van der Waals surface area contributed by atoms with Crippen LogP contribution in [0.5, 0.6) is 0 Å². The number of carboxylic acid groups (broad SMARTS) is 1. The molecule has 1 aliphatic rings. The number of rotatable bonds is 4. The predicted molar refractivity (Wildman–Crippen MR) is 71.8 cm³/mol. The van der Waals surface area contributed by atoms with E-state index in [9.17, 15) is 4.79 Å². The van der Waals surface area contributed by atoms with Gasteiger partial charge in [0.1, 0.15) is 5.01 Å². The first-order chi connectivity index (χ1) is 8.56. The minimum atomic E-state index is -0.665. The van der Waals surface area contributed by atoms with Crippen LogP contribution in [0.25, 0.3) is 0 Å². The van der Waals surface area contributed by atoms with Crippen molar-refractivity contribution in [3.8, 4) is 0 Å². The van der Waals surface area contributed by atoms with Gasteiger partial charge in [-0.05, 0) is 25.3 Å². The van der Waals surface area contributed by atoms with Crippen LogP contribution in [0.2, 0.25) is 0 Å². The molecule has 0 bridgehead atoms. The smallest absolute Gasteiger partial charge is 0.307 e. The summed E-state index contributed by atoms with van der Waals surface area (Å²) in [4.78, 5) is 17.8. The topological polar surface area (TPSA) is 53.4 Å². The fraction of sp³-hybridized carbons (Fsp3) is 0.692. The molecule has 1 aromatic rings. The predicted octanol–water partition coefficient (Wildman–Crippen LogP) is 2.56. The Labute approximate surface area is 112 Å². The molecule has 18 heavy (non-hydrogen) atoms. The summed E-state index contributed by atoms with van der Waals surface area (Å²) in [6, 6.07) is 0. The van der Waals surface area contributed by atoms with Crippen molar-refractivity contribution >= 4 is 17.3 Å². The van der Waals surface area contributed by atoms with Gasteiger partial charge < -0.3 is 5.11 Å². The van der Waals surface area contributed by atoms with Crippen LogP contribution in [0, 0.1) is 5.92 Å². The maximum Gasteiger partial charge on any atom is 0.307 e. The molecule has 4 nitrogen and oxygen atoms in total. The van der Waals surface area contributed by atoms with Crippen molar-refractivity contribution in [1.29, 1.82) is 0 Å². The number of hydrogen-bond acceptors (Lipinski definition) is 4. The van der Waals surface area contributed by atoms with E-state index in [0.717, 1.165) is 36.6 Å². The molecule has 5 heteroatoms. The second-order valence-electron chi connectivity index (χ2n) is 5.23. The number of carbonyl (C=O) groups is 1. The lowest BCUT2D eigenvalue weighted by Crippen LogP contribution is -2.38. The van der Waals surface area contributed by atoms with E-state index < -0.39 is 5.97 Å². The van der Waals surface area contributed by atoms with Crippen LogP contribution in [0.4, 0.5) is 0 Å². The summed E-state index contributed by atoms with van der Waals surface area (Å²) in [5.74, 6) is -0.409. The van der Waals surface area contributed by atoms with Gasteiger partial charge in [0, 0.05) is 11.9 Å². The molecule has 1 aromatic heterocycles.